The molecule has 118 valence electrons. The lowest BCUT2D eigenvalue weighted by Crippen LogP contribution is -2.27. The minimum atomic E-state index is -1.48. The zero-order valence-corrected chi connectivity index (χ0v) is 12.6. The normalized spacial score (nSPS) is 11.2. The van der Waals surface area contributed by atoms with E-state index in [-0.39, 0.29) is 5.69 Å². The molecule has 0 saturated carbocycles. The maximum atomic E-state index is 13.7. The van der Waals surface area contributed by atoms with E-state index in [0.29, 0.717) is 12.6 Å². The molecule has 1 aromatic rings. The Morgan fingerprint density at radius 3 is 2.52 bits per heavy atom. The van der Waals surface area contributed by atoms with Crippen molar-refractivity contribution >= 4 is 11.7 Å². The number of carboxylic acid groups (broad SMARTS) is 1. The van der Waals surface area contributed by atoms with Gasteiger partial charge in [-0.25, -0.2) is 13.6 Å². The second-order valence-electron chi connectivity index (χ2n) is 5.30. The number of benzene rings is 1. The van der Waals surface area contributed by atoms with Crippen LogP contribution < -0.4 is 5.32 Å². The highest BCUT2D eigenvalue weighted by atomic mass is 19.2. The molecule has 4 nitrogen and oxygen atoms in total. The van der Waals surface area contributed by atoms with Gasteiger partial charge in [-0.05, 0) is 52.4 Å². The average molecular weight is 300 g/mol. The molecule has 0 radical (unpaired) electrons. The number of aromatic carboxylic acids is 1. The number of hydrogen-bond donors (Lipinski definition) is 2. The summed E-state index contributed by atoms with van der Waals surface area (Å²) >= 11 is 0. The molecule has 2 N–H and O–H groups in total. The van der Waals surface area contributed by atoms with Gasteiger partial charge < -0.3 is 15.3 Å². The van der Waals surface area contributed by atoms with E-state index in [1.54, 1.807) is 0 Å². The first kappa shape index (κ1) is 17.4. The molecule has 0 aliphatic rings. The Bertz CT molecular complexity index is 493. The Labute approximate surface area is 123 Å². The van der Waals surface area contributed by atoms with E-state index >= 15 is 0 Å². The van der Waals surface area contributed by atoms with Crippen LogP contribution in [-0.4, -0.2) is 42.2 Å². The number of nitrogens with zero attached hydrogens (tertiary/aromatic N) is 1. The van der Waals surface area contributed by atoms with Crippen molar-refractivity contribution in [3.63, 3.8) is 0 Å². The number of unbranched alkanes of at least 4 members (excludes halogenated alkanes) is 1. The minimum absolute atomic E-state index is 0.00489. The molecule has 1 rings (SSSR count). The number of hydrogen-bond acceptors (Lipinski definition) is 3. The maximum absolute atomic E-state index is 13.7. The van der Waals surface area contributed by atoms with Crippen molar-refractivity contribution < 1.29 is 18.7 Å². The molecule has 0 aliphatic heterocycles. The summed E-state index contributed by atoms with van der Waals surface area (Å²) in [5.41, 5.74) is -0.661. The maximum Gasteiger partial charge on any atom is 0.338 e. The van der Waals surface area contributed by atoms with E-state index < -0.39 is 23.2 Å². The first-order valence-corrected chi connectivity index (χ1v) is 7.00. The van der Waals surface area contributed by atoms with Crippen molar-refractivity contribution in [3.05, 3.63) is 29.3 Å². The molecule has 0 atom stereocenters. The van der Waals surface area contributed by atoms with Crippen LogP contribution in [0.15, 0.2) is 12.1 Å². The van der Waals surface area contributed by atoms with Gasteiger partial charge in [-0.2, -0.15) is 0 Å². The molecule has 0 saturated heterocycles. The summed E-state index contributed by atoms with van der Waals surface area (Å²) in [4.78, 5) is 12.9. The number of carboxylic acids is 1. The molecular formula is C15H22F2N2O2. The van der Waals surface area contributed by atoms with Crippen molar-refractivity contribution in [1.29, 1.82) is 0 Å². The summed E-state index contributed by atoms with van der Waals surface area (Å²) in [5.74, 6) is -3.95. The van der Waals surface area contributed by atoms with Crippen molar-refractivity contribution in [1.82, 2.24) is 4.90 Å². The van der Waals surface area contributed by atoms with Crippen LogP contribution in [0, 0.1) is 11.6 Å². The van der Waals surface area contributed by atoms with Gasteiger partial charge in [0.25, 0.3) is 0 Å². The Kier molecular flexibility index (Phi) is 6.55. The van der Waals surface area contributed by atoms with Crippen LogP contribution in [0.25, 0.3) is 0 Å². The van der Waals surface area contributed by atoms with Crippen LogP contribution in [0.1, 0.15) is 37.0 Å². The second kappa shape index (κ2) is 7.93. The smallest absolute Gasteiger partial charge is 0.338 e. The van der Waals surface area contributed by atoms with E-state index in [0.717, 1.165) is 25.5 Å². The van der Waals surface area contributed by atoms with Crippen molar-refractivity contribution in [2.45, 2.75) is 32.7 Å². The largest absolute Gasteiger partial charge is 0.478 e. The fraction of sp³-hybridized carbons (Fsp3) is 0.533. The van der Waals surface area contributed by atoms with Gasteiger partial charge in [0.1, 0.15) is 0 Å². The lowest BCUT2D eigenvalue weighted by atomic mass is 10.1. The number of carbonyl (C=O) groups is 1. The van der Waals surface area contributed by atoms with Gasteiger partial charge in [0, 0.05) is 12.6 Å². The third kappa shape index (κ3) is 4.97. The van der Waals surface area contributed by atoms with Gasteiger partial charge in [-0.3, -0.25) is 0 Å². The topological polar surface area (TPSA) is 52.6 Å². The third-order valence-electron chi connectivity index (χ3n) is 3.45. The van der Waals surface area contributed by atoms with Gasteiger partial charge in [0.15, 0.2) is 11.6 Å². The third-order valence-corrected chi connectivity index (χ3v) is 3.45. The van der Waals surface area contributed by atoms with Crippen LogP contribution in [0.4, 0.5) is 14.5 Å². The number of nitrogens with one attached hydrogen (secondary N) is 1. The molecule has 0 fully saturated rings. The van der Waals surface area contributed by atoms with E-state index in [2.05, 4.69) is 24.1 Å². The van der Waals surface area contributed by atoms with Gasteiger partial charge in [-0.1, -0.05) is 0 Å². The standard InChI is InChI=1S/C15H22F2N2O2/c1-10(2)19(3)9-5-4-8-18-12-7-6-11(15(20)21)13(16)14(12)17/h6-7,10,18H,4-5,8-9H2,1-3H3,(H,20,21). The fourth-order valence-corrected chi connectivity index (χ4v) is 1.82. The Hall–Kier alpha value is -1.69. The summed E-state index contributed by atoms with van der Waals surface area (Å²) in [6.45, 7) is 5.67. The van der Waals surface area contributed by atoms with Crippen LogP contribution in [0.5, 0.6) is 0 Å². The van der Waals surface area contributed by atoms with Gasteiger partial charge in [0.05, 0.1) is 11.3 Å². The Morgan fingerprint density at radius 2 is 1.95 bits per heavy atom. The van der Waals surface area contributed by atoms with Gasteiger partial charge >= 0.3 is 5.97 Å². The summed E-state index contributed by atoms with van der Waals surface area (Å²) in [6.07, 6.45) is 1.76. The predicted octanol–water partition coefficient (Wildman–Crippen LogP) is 3.20. The quantitative estimate of drug-likeness (QED) is 0.724. The second-order valence-corrected chi connectivity index (χ2v) is 5.30. The zero-order chi connectivity index (χ0) is 16.0. The van der Waals surface area contributed by atoms with Gasteiger partial charge in [0.2, 0.25) is 0 Å². The summed E-state index contributed by atoms with van der Waals surface area (Å²) in [6, 6.07) is 2.80. The van der Waals surface area contributed by atoms with Crippen molar-refractivity contribution in [3.8, 4) is 0 Å². The van der Waals surface area contributed by atoms with Crippen LogP contribution in [-0.2, 0) is 0 Å². The van der Waals surface area contributed by atoms with E-state index in [1.165, 1.54) is 6.07 Å². The molecule has 0 aliphatic carbocycles. The highest BCUT2D eigenvalue weighted by Crippen LogP contribution is 2.20. The number of anilines is 1. The van der Waals surface area contributed by atoms with Crippen molar-refractivity contribution in [2.75, 3.05) is 25.5 Å². The first-order chi connectivity index (χ1) is 9.84. The average Bonchev–Trinajstić information content (AvgIpc) is 2.42. The molecule has 0 aromatic heterocycles. The lowest BCUT2D eigenvalue weighted by Gasteiger charge is -2.20. The number of rotatable bonds is 8. The molecule has 0 amide bonds. The molecule has 1 aromatic carbocycles. The van der Waals surface area contributed by atoms with E-state index in [9.17, 15) is 13.6 Å². The molecule has 0 unspecified atom stereocenters. The van der Waals surface area contributed by atoms with Crippen LogP contribution >= 0.6 is 0 Å². The highest BCUT2D eigenvalue weighted by molar-refractivity contribution is 5.88. The predicted molar refractivity (Wildman–Crippen MR) is 78.8 cm³/mol. The van der Waals surface area contributed by atoms with E-state index in [4.69, 9.17) is 5.11 Å². The molecule has 0 bridgehead atoms. The Balaban J connectivity index is 2.46. The summed E-state index contributed by atoms with van der Waals surface area (Å²) < 4.78 is 27.1. The highest BCUT2D eigenvalue weighted by Gasteiger charge is 2.17. The number of halogens is 2. The first-order valence-electron chi connectivity index (χ1n) is 7.00. The van der Waals surface area contributed by atoms with Crippen LogP contribution in [0.2, 0.25) is 0 Å². The monoisotopic (exact) mass is 300 g/mol. The molecular weight excluding hydrogens is 278 g/mol. The zero-order valence-electron chi connectivity index (χ0n) is 12.6. The van der Waals surface area contributed by atoms with E-state index in [1.807, 2.05) is 7.05 Å². The van der Waals surface area contributed by atoms with Crippen molar-refractivity contribution in [2.24, 2.45) is 0 Å². The fourth-order valence-electron chi connectivity index (χ4n) is 1.82. The summed E-state index contributed by atoms with van der Waals surface area (Å²) in [5, 5.41) is 11.5. The van der Waals surface area contributed by atoms with Crippen LogP contribution in [0.3, 0.4) is 0 Å². The molecule has 0 spiro atoms. The summed E-state index contributed by atoms with van der Waals surface area (Å²) in [7, 11) is 2.04. The molecule has 6 heteroatoms. The SMILES string of the molecule is CC(C)N(C)CCCCNc1ccc(C(=O)O)c(F)c1F. The van der Waals surface area contributed by atoms with Gasteiger partial charge in [-0.15, -0.1) is 0 Å². The molecule has 0 heterocycles. The molecule has 21 heavy (non-hydrogen) atoms. The Morgan fingerprint density at radius 1 is 1.29 bits per heavy atom. The lowest BCUT2D eigenvalue weighted by molar-refractivity contribution is 0.0690. The minimum Gasteiger partial charge on any atom is -0.478 e.